The van der Waals surface area contributed by atoms with Crippen molar-refractivity contribution in [2.24, 2.45) is 0 Å². The molecule has 0 aliphatic rings. The van der Waals surface area contributed by atoms with Gasteiger partial charge >= 0.3 is 9.28 Å². The SMILES string of the molecule is CCO[Si](CCCCCCCC[Si]c1ccc(N(C)C)cc1N(C)C)OC. The molecule has 1 aromatic rings. The second-order valence-electron chi connectivity index (χ2n) is 7.30. The molecule has 4 nitrogen and oxygen atoms in total. The minimum absolute atomic E-state index is 0.774. The van der Waals surface area contributed by atoms with Crippen LogP contribution in [0.1, 0.15) is 45.4 Å². The van der Waals surface area contributed by atoms with E-state index in [2.05, 4.69) is 56.2 Å². The van der Waals surface area contributed by atoms with E-state index in [1.807, 2.05) is 6.92 Å². The van der Waals surface area contributed by atoms with E-state index in [1.165, 1.54) is 61.1 Å². The Kier molecular flexibility index (Phi) is 12.7. The van der Waals surface area contributed by atoms with Crippen molar-refractivity contribution in [3.05, 3.63) is 18.2 Å². The molecule has 1 rings (SSSR count). The summed E-state index contributed by atoms with van der Waals surface area (Å²) in [7, 11) is 10.2. The van der Waals surface area contributed by atoms with E-state index in [4.69, 9.17) is 8.85 Å². The molecule has 0 amide bonds. The maximum Gasteiger partial charge on any atom is 0.384 e. The van der Waals surface area contributed by atoms with Crippen molar-refractivity contribution in [3.8, 4) is 0 Å². The number of benzene rings is 1. The predicted octanol–water partition coefficient (Wildman–Crippen LogP) is 4.08. The second kappa shape index (κ2) is 14.2. The van der Waals surface area contributed by atoms with Gasteiger partial charge in [0.05, 0.1) is 9.52 Å². The van der Waals surface area contributed by atoms with E-state index in [9.17, 15) is 0 Å². The Bertz CT molecular complexity index is 513. The van der Waals surface area contributed by atoms with Crippen LogP contribution in [0.4, 0.5) is 11.4 Å². The molecule has 0 saturated heterocycles. The normalized spacial score (nSPS) is 11.2. The fourth-order valence-corrected chi connectivity index (χ4v) is 5.74. The predicted molar refractivity (Wildman–Crippen MR) is 122 cm³/mol. The Morgan fingerprint density at radius 2 is 1.59 bits per heavy atom. The molecular formula is C21H39N2O2Si2. The molecule has 0 fully saturated rings. The molecule has 0 N–H and O–H groups in total. The minimum atomic E-state index is -0.992. The highest BCUT2D eigenvalue weighted by Crippen LogP contribution is 2.18. The van der Waals surface area contributed by atoms with Gasteiger partial charge in [0, 0.05) is 53.3 Å². The fraction of sp³-hybridized carbons (Fsp3) is 0.714. The van der Waals surface area contributed by atoms with E-state index in [-0.39, 0.29) is 0 Å². The number of hydrogen-bond donors (Lipinski definition) is 0. The lowest BCUT2D eigenvalue weighted by Gasteiger charge is -2.21. The zero-order valence-electron chi connectivity index (χ0n) is 18.3. The highest BCUT2D eigenvalue weighted by atomic mass is 28.3. The van der Waals surface area contributed by atoms with Gasteiger partial charge in [0.1, 0.15) is 0 Å². The first-order valence-electron chi connectivity index (χ1n) is 10.2. The van der Waals surface area contributed by atoms with Crippen LogP contribution in [0.25, 0.3) is 0 Å². The summed E-state index contributed by atoms with van der Waals surface area (Å²) in [4.78, 5) is 4.41. The molecule has 153 valence electrons. The Labute approximate surface area is 171 Å². The van der Waals surface area contributed by atoms with Crippen molar-refractivity contribution < 1.29 is 8.85 Å². The highest BCUT2D eigenvalue weighted by Gasteiger charge is 2.12. The summed E-state index contributed by atoms with van der Waals surface area (Å²) in [6.07, 6.45) is 7.95. The summed E-state index contributed by atoms with van der Waals surface area (Å²) >= 11 is 0. The van der Waals surface area contributed by atoms with Gasteiger partial charge in [-0.3, -0.25) is 0 Å². The molecule has 0 heterocycles. The van der Waals surface area contributed by atoms with Crippen LogP contribution in [0.2, 0.25) is 12.1 Å². The number of nitrogens with zero attached hydrogens (tertiary/aromatic N) is 2. The molecule has 0 saturated carbocycles. The first-order chi connectivity index (χ1) is 13.0. The van der Waals surface area contributed by atoms with Gasteiger partial charge in [-0.2, -0.15) is 0 Å². The Morgan fingerprint density at radius 3 is 2.19 bits per heavy atom. The van der Waals surface area contributed by atoms with Gasteiger partial charge in [0.2, 0.25) is 0 Å². The lowest BCUT2D eigenvalue weighted by atomic mass is 10.1. The van der Waals surface area contributed by atoms with Crippen molar-refractivity contribution in [1.29, 1.82) is 0 Å². The summed E-state index contributed by atoms with van der Waals surface area (Å²) < 4.78 is 11.0. The number of rotatable bonds is 15. The van der Waals surface area contributed by atoms with Crippen LogP contribution in [0.15, 0.2) is 18.2 Å². The average molecular weight is 408 g/mol. The van der Waals surface area contributed by atoms with Crippen LogP contribution < -0.4 is 15.0 Å². The molecule has 0 unspecified atom stereocenters. The maximum atomic E-state index is 5.61. The van der Waals surface area contributed by atoms with Crippen LogP contribution in [-0.4, -0.2) is 60.7 Å². The summed E-state index contributed by atoms with van der Waals surface area (Å²) in [6.45, 7) is 2.82. The number of hydrogen-bond acceptors (Lipinski definition) is 4. The highest BCUT2D eigenvalue weighted by molar-refractivity contribution is 6.55. The summed E-state index contributed by atoms with van der Waals surface area (Å²) in [6, 6.07) is 9.29. The van der Waals surface area contributed by atoms with Crippen LogP contribution >= 0.6 is 0 Å². The van der Waals surface area contributed by atoms with Crippen LogP contribution in [-0.2, 0) is 8.85 Å². The number of unbranched alkanes of at least 4 members (excludes halogenated alkanes) is 5. The van der Waals surface area contributed by atoms with E-state index in [1.54, 1.807) is 7.11 Å². The van der Waals surface area contributed by atoms with Crippen molar-refractivity contribution >= 4 is 35.4 Å². The van der Waals surface area contributed by atoms with E-state index in [0.29, 0.717) is 0 Å². The Balaban J connectivity index is 2.20. The lowest BCUT2D eigenvalue weighted by Crippen LogP contribution is -2.25. The van der Waals surface area contributed by atoms with Gasteiger partial charge in [-0.25, -0.2) is 0 Å². The van der Waals surface area contributed by atoms with Crippen molar-refractivity contribution in [1.82, 2.24) is 0 Å². The van der Waals surface area contributed by atoms with Gasteiger partial charge in [-0.05, 0) is 30.3 Å². The average Bonchev–Trinajstić information content (AvgIpc) is 2.65. The van der Waals surface area contributed by atoms with Crippen LogP contribution in [0, 0.1) is 0 Å². The van der Waals surface area contributed by atoms with Crippen molar-refractivity contribution in [2.45, 2.75) is 57.5 Å². The van der Waals surface area contributed by atoms with Crippen LogP contribution in [0.3, 0.4) is 0 Å². The third-order valence-corrected chi connectivity index (χ3v) is 7.87. The quantitative estimate of drug-likeness (QED) is 0.323. The van der Waals surface area contributed by atoms with Gasteiger partial charge in [0.25, 0.3) is 0 Å². The molecule has 6 heteroatoms. The van der Waals surface area contributed by atoms with Crippen LogP contribution in [0.5, 0.6) is 0 Å². The minimum Gasteiger partial charge on any atom is -0.397 e. The molecule has 0 aliphatic heterocycles. The topological polar surface area (TPSA) is 24.9 Å². The third-order valence-electron chi connectivity index (χ3n) is 4.64. The molecule has 0 bridgehead atoms. The van der Waals surface area contributed by atoms with Crippen molar-refractivity contribution in [3.63, 3.8) is 0 Å². The van der Waals surface area contributed by atoms with E-state index >= 15 is 0 Å². The Morgan fingerprint density at radius 1 is 0.926 bits per heavy atom. The van der Waals surface area contributed by atoms with Gasteiger partial charge < -0.3 is 18.7 Å². The van der Waals surface area contributed by atoms with Gasteiger partial charge in [0.15, 0.2) is 0 Å². The van der Waals surface area contributed by atoms with Gasteiger partial charge in [-0.15, -0.1) is 0 Å². The molecule has 0 aromatic heterocycles. The zero-order valence-corrected chi connectivity index (χ0v) is 20.3. The largest absolute Gasteiger partial charge is 0.397 e. The van der Waals surface area contributed by atoms with E-state index < -0.39 is 9.28 Å². The number of anilines is 2. The smallest absolute Gasteiger partial charge is 0.384 e. The summed E-state index contributed by atoms with van der Waals surface area (Å²) in [5.74, 6) is 0. The first-order valence-corrected chi connectivity index (χ1v) is 13.0. The molecule has 0 atom stereocenters. The molecular weight excluding hydrogens is 368 g/mol. The van der Waals surface area contributed by atoms with E-state index in [0.717, 1.165) is 22.2 Å². The first kappa shape index (κ1) is 24.2. The standard InChI is InChI=1S/C21H39N2O2Si2/c1-7-25-27(24-6)17-13-11-9-8-10-12-16-26-21-15-14-19(22(2)3)18-20(21)23(4)5/h14-15,18H,7-13,16-17H2,1-6H3. The molecule has 1 aromatic carbocycles. The summed E-state index contributed by atoms with van der Waals surface area (Å²) in [5, 5.41) is 1.50. The maximum absolute atomic E-state index is 5.61. The molecule has 0 aliphatic carbocycles. The molecule has 0 spiro atoms. The zero-order chi connectivity index (χ0) is 20.1. The summed E-state index contributed by atoms with van der Waals surface area (Å²) in [5.41, 5.74) is 2.64. The third kappa shape index (κ3) is 9.78. The fourth-order valence-electron chi connectivity index (χ4n) is 3.04. The van der Waals surface area contributed by atoms with Crippen molar-refractivity contribution in [2.75, 3.05) is 51.7 Å². The molecule has 27 heavy (non-hydrogen) atoms. The lowest BCUT2D eigenvalue weighted by molar-refractivity contribution is 0.239. The Hall–Kier alpha value is -0.826. The second-order valence-corrected chi connectivity index (χ2v) is 10.6. The monoisotopic (exact) mass is 407 g/mol. The van der Waals surface area contributed by atoms with Gasteiger partial charge in [-0.1, -0.05) is 50.6 Å². The molecule has 3 radical (unpaired) electrons.